The Morgan fingerprint density at radius 2 is 2.14 bits per heavy atom. The zero-order chi connectivity index (χ0) is 26.5. The number of nitrogen functional groups attached to an aromatic ring is 1. The Hall–Kier alpha value is -3.85. The van der Waals surface area contributed by atoms with Gasteiger partial charge in [0.05, 0.1) is 0 Å². The van der Waals surface area contributed by atoms with E-state index in [9.17, 15) is 19.8 Å². The van der Waals surface area contributed by atoms with Gasteiger partial charge in [0, 0.05) is 41.8 Å². The molecule has 2 aliphatic rings. The average molecular weight is 507 g/mol. The second-order valence-electron chi connectivity index (χ2n) is 9.92. The molecule has 4 N–H and O–H groups in total. The molecule has 0 spiro atoms. The molecule has 2 aliphatic heterocycles. The van der Waals surface area contributed by atoms with Crippen molar-refractivity contribution in [1.29, 1.82) is 0 Å². The lowest BCUT2D eigenvalue weighted by Gasteiger charge is -2.43. The van der Waals surface area contributed by atoms with Gasteiger partial charge in [-0.25, -0.2) is 9.78 Å². The van der Waals surface area contributed by atoms with E-state index < -0.39 is 29.7 Å². The molecule has 2 unspecified atom stereocenters. The Morgan fingerprint density at radius 3 is 2.86 bits per heavy atom. The summed E-state index contributed by atoms with van der Waals surface area (Å²) in [7, 11) is 0. The molecule has 0 aliphatic carbocycles. The van der Waals surface area contributed by atoms with Crippen LogP contribution in [0.25, 0.3) is 11.0 Å². The van der Waals surface area contributed by atoms with Gasteiger partial charge >= 0.3 is 5.97 Å². The maximum atomic E-state index is 13.1. The minimum absolute atomic E-state index is 0.00602. The molecule has 9 nitrogen and oxygen atoms in total. The molecule has 0 fully saturated rings. The van der Waals surface area contributed by atoms with Crippen molar-refractivity contribution in [2.45, 2.75) is 71.2 Å². The van der Waals surface area contributed by atoms with E-state index in [1.807, 2.05) is 13.0 Å². The van der Waals surface area contributed by atoms with E-state index in [2.05, 4.69) is 4.98 Å². The van der Waals surface area contributed by atoms with Crippen molar-refractivity contribution in [3.8, 4) is 11.5 Å². The molecule has 37 heavy (non-hydrogen) atoms. The van der Waals surface area contributed by atoms with Crippen LogP contribution in [-0.4, -0.2) is 32.9 Å². The average Bonchev–Trinajstić information content (AvgIpc) is 2.87. The number of aromatic nitrogens is 1. The van der Waals surface area contributed by atoms with Crippen LogP contribution in [0.1, 0.15) is 61.6 Å². The molecule has 0 radical (unpaired) electrons. The van der Waals surface area contributed by atoms with Crippen LogP contribution < -0.4 is 15.9 Å². The van der Waals surface area contributed by atoms with Gasteiger partial charge in [0.2, 0.25) is 0 Å². The summed E-state index contributed by atoms with van der Waals surface area (Å²) in [6, 6.07) is 3.04. The number of aliphatic hydroxyl groups excluding tert-OH is 1. The monoisotopic (exact) mass is 506 g/mol. The van der Waals surface area contributed by atoms with Crippen LogP contribution in [0.3, 0.4) is 0 Å². The van der Waals surface area contributed by atoms with Crippen molar-refractivity contribution < 1.29 is 28.9 Å². The number of esters is 1. The predicted octanol–water partition coefficient (Wildman–Crippen LogP) is 3.47. The first-order chi connectivity index (χ1) is 17.7. The molecular weight excluding hydrogens is 476 g/mol. The summed E-state index contributed by atoms with van der Waals surface area (Å²) in [6.45, 7) is 4.85. The molecule has 194 valence electrons. The highest BCUT2D eigenvalue weighted by atomic mass is 16.6. The fourth-order valence-corrected chi connectivity index (χ4v) is 5.30. The Balaban J connectivity index is 1.80. The highest BCUT2D eigenvalue weighted by Crippen LogP contribution is 2.48. The third-order valence-electron chi connectivity index (χ3n) is 7.56. The number of hydrogen-bond donors (Lipinski definition) is 3. The fraction of sp³-hybridized carbons (Fsp3) is 0.393. The highest BCUT2D eigenvalue weighted by molar-refractivity contribution is 5.91. The van der Waals surface area contributed by atoms with Crippen molar-refractivity contribution in [1.82, 2.24) is 4.98 Å². The molecule has 2 atom stereocenters. The van der Waals surface area contributed by atoms with Gasteiger partial charge in [-0.3, -0.25) is 4.79 Å². The standard InChI is InChI=1S/C28H30N2O7/c1-4-14(2)27(34)36-21-12-18-23(33)22-20(32)11-16(13-31)35-25(22)19-10-15-7-9-30-26(29)17(15)6-5-8-28(21,3)37-24(18)19/h4,7,9,11,21,31,33H,5-6,8,10,12-13H2,1-3H3,(H2,29,30). The molecule has 5 rings (SSSR count). The summed E-state index contributed by atoms with van der Waals surface area (Å²) in [4.78, 5) is 30.1. The summed E-state index contributed by atoms with van der Waals surface area (Å²) >= 11 is 0. The Labute approximate surface area is 213 Å². The largest absolute Gasteiger partial charge is 0.507 e. The summed E-state index contributed by atoms with van der Waals surface area (Å²) in [6.07, 6.45) is 4.92. The number of anilines is 1. The van der Waals surface area contributed by atoms with Crippen molar-refractivity contribution >= 4 is 22.8 Å². The van der Waals surface area contributed by atoms with Crippen molar-refractivity contribution in [2.24, 2.45) is 0 Å². The van der Waals surface area contributed by atoms with Gasteiger partial charge < -0.3 is 29.8 Å². The van der Waals surface area contributed by atoms with E-state index in [-0.39, 0.29) is 28.9 Å². The van der Waals surface area contributed by atoms with Gasteiger partial charge in [-0.15, -0.1) is 0 Å². The lowest BCUT2D eigenvalue weighted by Crippen LogP contribution is -2.51. The van der Waals surface area contributed by atoms with Crippen LogP contribution in [0.2, 0.25) is 0 Å². The number of nitrogens with two attached hydrogens (primary N) is 1. The number of rotatable bonds is 3. The number of aromatic hydroxyl groups is 1. The number of allylic oxidation sites excluding steroid dienone is 1. The third-order valence-corrected chi connectivity index (χ3v) is 7.56. The van der Waals surface area contributed by atoms with Crippen LogP contribution >= 0.6 is 0 Å². The number of benzene rings is 1. The Bertz CT molecular complexity index is 1510. The number of phenols is 1. The van der Waals surface area contributed by atoms with Crippen LogP contribution in [-0.2, 0) is 35.4 Å². The number of nitrogens with zero attached hydrogens (tertiary/aromatic N) is 1. The second kappa shape index (κ2) is 9.23. The van der Waals surface area contributed by atoms with Crippen LogP contribution in [0.4, 0.5) is 5.82 Å². The van der Waals surface area contributed by atoms with Crippen LogP contribution in [0.15, 0.2) is 39.2 Å². The van der Waals surface area contributed by atoms with Crippen molar-refractivity contribution in [2.75, 3.05) is 5.73 Å². The number of carbonyl (C=O) groups excluding carboxylic acids is 1. The zero-order valence-corrected chi connectivity index (χ0v) is 21.1. The minimum atomic E-state index is -0.922. The maximum absolute atomic E-state index is 13.1. The highest BCUT2D eigenvalue weighted by Gasteiger charge is 2.46. The summed E-state index contributed by atoms with van der Waals surface area (Å²) < 4.78 is 18.5. The number of phenolic OH excluding ortho intramolecular Hbond substituents is 1. The molecule has 0 saturated carbocycles. The molecule has 9 heteroatoms. The molecule has 2 aromatic heterocycles. The predicted molar refractivity (Wildman–Crippen MR) is 137 cm³/mol. The van der Waals surface area contributed by atoms with Crippen LogP contribution in [0.5, 0.6) is 11.5 Å². The quantitative estimate of drug-likeness (QED) is 0.359. The van der Waals surface area contributed by atoms with E-state index in [0.717, 1.165) is 17.2 Å². The minimum Gasteiger partial charge on any atom is -0.507 e. The summed E-state index contributed by atoms with van der Waals surface area (Å²) in [5, 5.41) is 21.0. The van der Waals surface area contributed by atoms with Crippen molar-refractivity contribution in [3.05, 3.63) is 68.2 Å². The first kappa shape index (κ1) is 24.8. The number of carbonyl (C=O) groups is 1. The summed E-state index contributed by atoms with van der Waals surface area (Å²) in [5.41, 5.74) is 8.20. The first-order valence-electron chi connectivity index (χ1n) is 12.4. The smallest absolute Gasteiger partial charge is 0.333 e. The third kappa shape index (κ3) is 4.13. The van der Waals surface area contributed by atoms with E-state index >= 15 is 0 Å². The summed E-state index contributed by atoms with van der Waals surface area (Å²) in [5.74, 6) is 0.149. The van der Waals surface area contributed by atoms with Gasteiger partial charge in [-0.2, -0.15) is 0 Å². The van der Waals surface area contributed by atoms with Gasteiger partial charge in [0.1, 0.15) is 52.4 Å². The van der Waals surface area contributed by atoms with Gasteiger partial charge in [0.25, 0.3) is 0 Å². The number of ether oxygens (including phenoxy) is 2. The molecule has 2 bridgehead atoms. The zero-order valence-electron chi connectivity index (χ0n) is 21.1. The van der Waals surface area contributed by atoms with Gasteiger partial charge in [-0.1, -0.05) is 6.08 Å². The Kier molecular flexibility index (Phi) is 6.19. The molecule has 3 aromatic rings. The van der Waals surface area contributed by atoms with Gasteiger partial charge in [0.15, 0.2) is 5.43 Å². The van der Waals surface area contributed by atoms with E-state index in [1.54, 1.807) is 26.1 Å². The maximum Gasteiger partial charge on any atom is 0.333 e. The molecule has 4 heterocycles. The molecule has 0 amide bonds. The fourth-order valence-electron chi connectivity index (χ4n) is 5.30. The van der Waals surface area contributed by atoms with E-state index in [4.69, 9.17) is 19.6 Å². The SMILES string of the molecule is CC=C(C)C(=O)OC1Cc2c3c(c4oc(CO)cc(=O)c4c2O)Cc2ccnc(N)c2CCCC1(C)O3. The number of hydrogen-bond acceptors (Lipinski definition) is 9. The number of fused-ring (bicyclic) bond motifs is 4. The van der Waals surface area contributed by atoms with E-state index in [1.165, 1.54) is 0 Å². The van der Waals surface area contributed by atoms with Crippen LogP contribution in [0, 0.1) is 0 Å². The topological polar surface area (TPSA) is 145 Å². The number of aliphatic hydroxyl groups is 1. The molecule has 1 aromatic carbocycles. The van der Waals surface area contributed by atoms with Gasteiger partial charge in [-0.05, 0) is 57.2 Å². The first-order valence-corrected chi connectivity index (χ1v) is 12.4. The lowest BCUT2D eigenvalue weighted by molar-refractivity contribution is -0.159. The lowest BCUT2D eigenvalue weighted by atomic mass is 9.81. The molecule has 0 saturated heterocycles. The van der Waals surface area contributed by atoms with E-state index in [0.29, 0.717) is 54.0 Å². The van der Waals surface area contributed by atoms with Crippen molar-refractivity contribution in [3.63, 3.8) is 0 Å². The Morgan fingerprint density at radius 1 is 1.35 bits per heavy atom. The number of pyridine rings is 1. The normalized spacial score (nSPS) is 21.2. The molecular formula is C28H30N2O7. The second-order valence-corrected chi connectivity index (χ2v) is 9.92.